The highest BCUT2D eigenvalue weighted by molar-refractivity contribution is 7.53. The average Bonchev–Trinajstić information content (AvgIpc) is 3.20. The molecule has 0 saturated carbocycles. The van der Waals surface area contributed by atoms with Gasteiger partial charge in [-0.2, -0.15) is 0 Å². The van der Waals surface area contributed by atoms with Gasteiger partial charge in [-0.05, 0) is 65.8 Å². The van der Waals surface area contributed by atoms with Crippen LogP contribution in [0, 0.1) is 0 Å². The number of hydrogen-bond acceptors (Lipinski definition) is 9. The molecule has 1 aromatic carbocycles. The third-order valence-corrected chi connectivity index (χ3v) is 7.70. The lowest BCUT2D eigenvalue weighted by Gasteiger charge is -2.24. The molecule has 1 aliphatic rings. The number of nitrogens with zero attached hydrogens (tertiary/aromatic N) is 1. The largest absolute Gasteiger partial charge is 0.491 e. The molecule has 9 nitrogen and oxygen atoms in total. The molecule has 2 aromatic rings. The van der Waals surface area contributed by atoms with E-state index >= 15 is 0 Å². The van der Waals surface area contributed by atoms with Crippen molar-refractivity contribution in [1.29, 1.82) is 0 Å². The Hall–Kier alpha value is -1.97. The molecule has 0 aliphatic carbocycles. The van der Waals surface area contributed by atoms with Gasteiger partial charge in [-0.3, -0.25) is 14.7 Å². The van der Waals surface area contributed by atoms with Crippen LogP contribution in [0.25, 0.3) is 0 Å². The molecule has 2 N–H and O–H groups in total. The van der Waals surface area contributed by atoms with Crippen molar-refractivity contribution in [2.75, 3.05) is 31.6 Å². The van der Waals surface area contributed by atoms with Crippen molar-refractivity contribution in [2.45, 2.75) is 58.9 Å². The number of ether oxygens (including phenoxy) is 2. The molecule has 3 rings (SSSR count). The van der Waals surface area contributed by atoms with Crippen molar-refractivity contribution < 1.29 is 27.9 Å². The Morgan fingerprint density at radius 1 is 1.18 bits per heavy atom. The van der Waals surface area contributed by atoms with Gasteiger partial charge in [0.15, 0.2) is 5.13 Å². The molecule has 0 atom stereocenters. The summed E-state index contributed by atoms with van der Waals surface area (Å²) >= 11 is 1.25. The lowest BCUT2D eigenvalue weighted by Crippen LogP contribution is -2.34. The van der Waals surface area contributed by atoms with Crippen molar-refractivity contribution in [3.05, 3.63) is 34.8 Å². The summed E-state index contributed by atoms with van der Waals surface area (Å²) in [4.78, 5) is 17.4. The molecule has 1 aromatic heterocycles. The van der Waals surface area contributed by atoms with Crippen LogP contribution in [0.4, 0.5) is 5.13 Å². The number of carbonyl (C=O) groups is 1. The molecule has 0 spiro atoms. The van der Waals surface area contributed by atoms with Crippen LogP contribution in [-0.4, -0.2) is 49.4 Å². The van der Waals surface area contributed by atoms with Gasteiger partial charge in [-0.15, -0.1) is 11.3 Å². The maximum absolute atomic E-state index is 13.0. The van der Waals surface area contributed by atoms with E-state index < -0.39 is 7.60 Å². The summed E-state index contributed by atoms with van der Waals surface area (Å²) in [6, 6.07) is 5.23. The van der Waals surface area contributed by atoms with E-state index in [1.54, 1.807) is 31.4 Å². The van der Waals surface area contributed by atoms with E-state index in [9.17, 15) is 9.36 Å². The van der Waals surface area contributed by atoms with Crippen LogP contribution in [0.5, 0.6) is 11.5 Å². The predicted octanol–water partition coefficient (Wildman–Crippen LogP) is 5.08. The molecule has 11 heteroatoms. The first kappa shape index (κ1) is 26.6. The summed E-state index contributed by atoms with van der Waals surface area (Å²) < 4.78 is 35.4. The first-order valence-corrected chi connectivity index (χ1v) is 14.2. The van der Waals surface area contributed by atoms with Gasteiger partial charge < -0.3 is 23.8 Å². The summed E-state index contributed by atoms with van der Waals surface area (Å²) in [5.41, 5.74) is 0.950. The van der Waals surface area contributed by atoms with Crippen molar-refractivity contribution in [3.63, 3.8) is 0 Å². The number of hydrogen-bond donors (Lipinski definition) is 2. The minimum absolute atomic E-state index is 0.0436. The number of piperidine rings is 1. The molecule has 0 bridgehead atoms. The van der Waals surface area contributed by atoms with Gasteiger partial charge in [0.2, 0.25) is 0 Å². The summed E-state index contributed by atoms with van der Waals surface area (Å²) in [6.45, 7) is 9.76. The molecule has 2 heterocycles. The second kappa shape index (κ2) is 12.7. The smallest absolute Gasteiger partial charge is 0.336 e. The number of aromatic nitrogens is 1. The zero-order chi connectivity index (χ0) is 24.6. The SMILES string of the molecule is CCOP(=O)(Cc1csc(NC(=O)c2cc(OC(C)C)cc(OC3CCNCC3)c2)n1)OCC. The molecule has 1 aliphatic heterocycles. The lowest BCUT2D eigenvalue weighted by molar-refractivity contribution is 0.102. The maximum Gasteiger partial charge on any atom is 0.336 e. The topological polar surface area (TPSA) is 108 Å². The summed E-state index contributed by atoms with van der Waals surface area (Å²) in [7, 11) is -3.27. The lowest BCUT2D eigenvalue weighted by atomic mass is 10.1. The second-order valence-corrected chi connectivity index (χ2v) is 11.0. The van der Waals surface area contributed by atoms with Crippen LogP contribution < -0.4 is 20.1 Å². The molecule has 1 amide bonds. The monoisotopic (exact) mass is 511 g/mol. The molecule has 1 fully saturated rings. The maximum atomic E-state index is 13.0. The molecule has 34 heavy (non-hydrogen) atoms. The van der Waals surface area contributed by atoms with E-state index in [-0.39, 0.29) is 37.5 Å². The van der Waals surface area contributed by atoms with E-state index in [0.717, 1.165) is 25.9 Å². The molecular formula is C23H34N3O6PS. The van der Waals surface area contributed by atoms with E-state index in [1.165, 1.54) is 11.3 Å². The number of carbonyl (C=O) groups excluding carboxylic acids is 1. The zero-order valence-corrected chi connectivity index (χ0v) is 21.9. The fraction of sp³-hybridized carbons (Fsp3) is 0.565. The fourth-order valence-electron chi connectivity index (χ4n) is 3.54. The van der Waals surface area contributed by atoms with Gasteiger partial charge in [0.1, 0.15) is 17.6 Å². The number of anilines is 1. The fourth-order valence-corrected chi connectivity index (χ4v) is 5.97. The Bertz CT molecular complexity index is 983. The number of benzene rings is 1. The van der Waals surface area contributed by atoms with E-state index in [1.807, 2.05) is 19.9 Å². The van der Waals surface area contributed by atoms with Crippen LogP contribution in [0.1, 0.15) is 56.6 Å². The van der Waals surface area contributed by atoms with Gasteiger partial charge in [-0.1, -0.05) is 0 Å². The van der Waals surface area contributed by atoms with Crippen LogP contribution >= 0.6 is 18.9 Å². The highest BCUT2D eigenvalue weighted by Crippen LogP contribution is 2.51. The number of amides is 1. The highest BCUT2D eigenvalue weighted by atomic mass is 32.1. The molecule has 188 valence electrons. The first-order valence-electron chi connectivity index (χ1n) is 11.6. The third kappa shape index (κ3) is 8.06. The molecular weight excluding hydrogens is 477 g/mol. The number of nitrogens with one attached hydrogen (secondary N) is 2. The van der Waals surface area contributed by atoms with Crippen molar-refractivity contribution in [3.8, 4) is 11.5 Å². The molecule has 1 saturated heterocycles. The highest BCUT2D eigenvalue weighted by Gasteiger charge is 2.26. The normalized spacial score (nSPS) is 14.9. The molecule has 0 unspecified atom stereocenters. The van der Waals surface area contributed by atoms with Crippen molar-refractivity contribution >= 4 is 30.0 Å². The summed E-state index contributed by atoms with van der Waals surface area (Å²) in [5.74, 6) is 0.841. The van der Waals surface area contributed by atoms with Crippen LogP contribution in [0.2, 0.25) is 0 Å². The van der Waals surface area contributed by atoms with Crippen molar-refractivity contribution in [1.82, 2.24) is 10.3 Å². The average molecular weight is 512 g/mol. The van der Waals surface area contributed by atoms with Crippen LogP contribution in [0.15, 0.2) is 23.6 Å². The number of rotatable bonds is 12. The minimum Gasteiger partial charge on any atom is -0.491 e. The Morgan fingerprint density at radius 2 is 1.85 bits per heavy atom. The van der Waals surface area contributed by atoms with Crippen LogP contribution in [-0.2, 0) is 19.8 Å². The van der Waals surface area contributed by atoms with E-state index in [2.05, 4.69) is 15.6 Å². The standard InChI is InChI=1S/C23H34N3O6PS/c1-5-29-33(28,30-6-2)14-18-15-34-23(25-18)26-22(27)17-11-20(31-16(3)4)13-21(12-17)32-19-7-9-24-10-8-19/h11-13,15-16,19,24H,5-10,14H2,1-4H3,(H,25,26,27). The molecule has 0 radical (unpaired) electrons. The summed E-state index contributed by atoms with van der Waals surface area (Å²) in [5, 5.41) is 8.27. The Labute approximate surface area is 205 Å². The van der Waals surface area contributed by atoms with E-state index in [4.69, 9.17) is 18.5 Å². The number of thiazole rings is 1. The second-order valence-electron chi connectivity index (χ2n) is 8.13. The predicted molar refractivity (Wildman–Crippen MR) is 133 cm³/mol. The van der Waals surface area contributed by atoms with Gasteiger partial charge in [0.05, 0.1) is 31.2 Å². The summed E-state index contributed by atoms with van der Waals surface area (Å²) in [6.07, 6.45) is 1.92. The first-order chi connectivity index (χ1) is 16.3. The van der Waals surface area contributed by atoms with Gasteiger partial charge in [0.25, 0.3) is 5.91 Å². The van der Waals surface area contributed by atoms with Gasteiger partial charge in [0, 0.05) is 17.0 Å². The van der Waals surface area contributed by atoms with E-state index in [0.29, 0.717) is 27.9 Å². The zero-order valence-electron chi connectivity index (χ0n) is 20.2. The Kier molecular flexibility index (Phi) is 9.91. The van der Waals surface area contributed by atoms with Crippen LogP contribution in [0.3, 0.4) is 0 Å². The quantitative estimate of drug-likeness (QED) is 0.380. The Balaban J connectivity index is 1.73. The van der Waals surface area contributed by atoms with Crippen molar-refractivity contribution in [2.24, 2.45) is 0 Å². The van der Waals surface area contributed by atoms with Gasteiger partial charge in [-0.25, -0.2) is 4.98 Å². The Morgan fingerprint density at radius 3 is 2.50 bits per heavy atom. The minimum atomic E-state index is -3.27. The third-order valence-electron chi connectivity index (χ3n) is 4.88. The van der Waals surface area contributed by atoms with Gasteiger partial charge >= 0.3 is 7.60 Å².